The van der Waals surface area contributed by atoms with Crippen molar-refractivity contribution in [3.8, 4) is 0 Å². The molecule has 0 saturated heterocycles. The topological polar surface area (TPSA) is 20.2 Å². The molecule has 4 aliphatic carbocycles. The zero-order valence-corrected chi connectivity index (χ0v) is 18.5. The van der Waals surface area contributed by atoms with Crippen LogP contribution in [0.4, 0.5) is 0 Å². The van der Waals surface area contributed by atoms with Gasteiger partial charge in [-0.1, -0.05) is 50.3 Å². The van der Waals surface area contributed by atoms with Gasteiger partial charge in [0.15, 0.2) is 0 Å². The molecule has 1 N–H and O–H groups in total. The highest BCUT2D eigenvalue weighted by molar-refractivity contribution is 5.42. The average Bonchev–Trinajstić information content (AvgIpc) is 2.99. The lowest BCUT2D eigenvalue weighted by Gasteiger charge is -2.60. The number of aliphatic hydroxyl groups is 1. The second kappa shape index (κ2) is 7.31. The summed E-state index contributed by atoms with van der Waals surface area (Å²) in [5.74, 6) is 3.32. The van der Waals surface area contributed by atoms with E-state index in [0.717, 1.165) is 42.1 Å². The summed E-state index contributed by atoms with van der Waals surface area (Å²) in [6.45, 7) is 13.5. The van der Waals surface area contributed by atoms with Crippen LogP contribution in [0.25, 0.3) is 0 Å². The highest BCUT2D eigenvalue weighted by Crippen LogP contribution is 2.66. The Morgan fingerprint density at radius 3 is 2.64 bits per heavy atom. The van der Waals surface area contributed by atoms with Crippen LogP contribution in [0.1, 0.15) is 79.1 Å². The minimum Gasteiger partial charge on any atom is -0.393 e. The molecule has 7 atom stereocenters. The second-order valence-corrected chi connectivity index (χ2v) is 10.9. The fraction of sp³-hybridized carbons (Fsp3) is 0.704. The zero-order chi connectivity index (χ0) is 20.1. The summed E-state index contributed by atoms with van der Waals surface area (Å²) in [6.07, 6.45) is 19.1. The first-order valence-corrected chi connectivity index (χ1v) is 11.7. The molecule has 0 amide bonds. The molecule has 0 aromatic rings. The third kappa shape index (κ3) is 3.18. The number of rotatable bonds is 3. The molecule has 1 unspecified atom stereocenters. The number of aliphatic hydroxyl groups excluding tert-OH is 1. The van der Waals surface area contributed by atoms with Gasteiger partial charge < -0.3 is 5.11 Å². The Balaban J connectivity index is 1.55. The van der Waals surface area contributed by atoms with Crippen molar-refractivity contribution in [2.75, 3.05) is 0 Å². The van der Waals surface area contributed by atoms with Crippen LogP contribution in [0.15, 0.2) is 47.6 Å². The predicted molar refractivity (Wildman–Crippen MR) is 119 cm³/mol. The Morgan fingerprint density at radius 1 is 1.11 bits per heavy atom. The Labute approximate surface area is 172 Å². The summed E-state index contributed by atoms with van der Waals surface area (Å²) in [5, 5.41) is 10.2. The van der Waals surface area contributed by atoms with E-state index in [-0.39, 0.29) is 6.10 Å². The SMILES string of the molecule is C=C(C)C=CC=C(C)C1=CC[C@H]2[C@@H]3CCC4C[C@@H](O)CC[C@]4(C)[C@H]3CC[C@]12C. The van der Waals surface area contributed by atoms with Crippen LogP contribution in [0.3, 0.4) is 0 Å². The molecule has 3 fully saturated rings. The zero-order valence-electron chi connectivity index (χ0n) is 18.5. The van der Waals surface area contributed by atoms with Gasteiger partial charge in [-0.2, -0.15) is 0 Å². The van der Waals surface area contributed by atoms with Gasteiger partial charge in [0.05, 0.1) is 6.10 Å². The molecule has 0 aromatic heterocycles. The van der Waals surface area contributed by atoms with Gasteiger partial charge in [-0.25, -0.2) is 0 Å². The predicted octanol–water partition coefficient (Wildman–Crippen LogP) is 7.00. The molecule has 1 heteroatoms. The third-order valence-electron chi connectivity index (χ3n) is 9.37. The molecule has 0 aromatic carbocycles. The highest BCUT2D eigenvalue weighted by atomic mass is 16.3. The van der Waals surface area contributed by atoms with E-state index in [1.807, 2.05) is 6.92 Å². The third-order valence-corrected chi connectivity index (χ3v) is 9.37. The molecule has 0 heterocycles. The molecule has 1 nitrogen and oxygen atoms in total. The Hall–Kier alpha value is -1.08. The van der Waals surface area contributed by atoms with Crippen molar-refractivity contribution in [1.29, 1.82) is 0 Å². The van der Waals surface area contributed by atoms with Crippen molar-refractivity contribution >= 4 is 0 Å². The fourth-order valence-electron chi connectivity index (χ4n) is 7.86. The monoisotopic (exact) mass is 380 g/mol. The van der Waals surface area contributed by atoms with Crippen molar-refractivity contribution in [1.82, 2.24) is 0 Å². The van der Waals surface area contributed by atoms with E-state index in [1.54, 1.807) is 5.57 Å². The molecular formula is C27H40O. The van der Waals surface area contributed by atoms with Crippen LogP contribution < -0.4 is 0 Å². The highest BCUT2D eigenvalue weighted by Gasteiger charge is 2.58. The van der Waals surface area contributed by atoms with Gasteiger partial charge in [0.25, 0.3) is 0 Å². The number of allylic oxidation sites excluding steroid dienone is 7. The van der Waals surface area contributed by atoms with E-state index >= 15 is 0 Å². The van der Waals surface area contributed by atoms with Crippen molar-refractivity contribution in [2.24, 2.45) is 34.5 Å². The second-order valence-electron chi connectivity index (χ2n) is 10.9. The van der Waals surface area contributed by atoms with Crippen LogP contribution in [0.5, 0.6) is 0 Å². The average molecular weight is 381 g/mol. The molecule has 0 spiro atoms. The maximum absolute atomic E-state index is 10.2. The smallest absolute Gasteiger partial charge is 0.0543 e. The molecule has 0 bridgehead atoms. The lowest BCUT2D eigenvalue weighted by Crippen LogP contribution is -2.53. The van der Waals surface area contributed by atoms with Gasteiger partial charge >= 0.3 is 0 Å². The van der Waals surface area contributed by atoms with Crippen molar-refractivity contribution < 1.29 is 5.11 Å². The van der Waals surface area contributed by atoms with Crippen LogP contribution in [-0.2, 0) is 0 Å². The quantitative estimate of drug-likeness (QED) is 0.522. The van der Waals surface area contributed by atoms with Gasteiger partial charge in [0, 0.05) is 0 Å². The summed E-state index contributed by atoms with van der Waals surface area (Å²) in [4.78, 5) is 0. The van der Waals surface area contributed by atoms with Crippen molar-refractivity contribution in [3.05, 3.63) is 47.6 Å². The molecule has 28 heavy (non-hydrogen) atoms. The van der Waals surface area contributed by atoms with Crippen molar-refractivity contribution in [3.63, 3.8) is 0 Å². The fourth-order valence-corrected chi connectivity index (χ4v) is 7.86. The Bertz CT molecular complexity index is 725. The molecule has 4 rings (SSSR count). The largest absolute Gasteiger partial charge is 0.393 e. The maximum atomic E-state index is 10.2. The summed E-state index contributed by atoms with van der Waals surface area (Å²) in [7, 11) is 0. The van der Waals surface area contributed by atoms with Crippen LogP contribution in [0.2, 0.25) is 0 Å². The summed E-state index contributed by atoms with van der Waals surface area (Å²) in [5.41, 5.74) is 5.00. The molecule has 3 saturated carbocycles. The minimum absolute atomic E-state index is 0.0386. The van der Waals surface area contributed by atoms with Gasteiger partial charge in [0.1, 0.15) is 0 Å². The van der Waals surface area contributed by atoms with E-state index in [9.17, 15) is 5.11 Å². The Kier molecular flexibility index (Phi) is 5.28. The van der Waals surface area contributed by atoms with E-state index in [0.29, 0.717) is 10.8 Å². The molecule has 0 aliphatic heterocycles. The van der Waals surface area contributed by atoms with Gasteiger partial charge in [-0.05, 0) is 111 Å². The first-order valence-electron chi connectivity index (χ1n) is 11.7. The summed E-state index contributed by atoms with van der Waals surface area (Å²) >= 11 is 0. The number of fused-ring (bicyclic) bond motifs is 5. The van der Waals surface area contributed by atoms with E-state index in [1.165, 1.54) is 44.1 Å². The van der Waals surface area contributed by atoms with Gasteiger partial charge in [-0.3, -0.25) is 0 Å². The first-order chi connectivity index (χ1) is 13.3. The van der Waals surface area contributed by atoms with Crippen LogP contribution in [-0.4, -0.2) is 11.2 Å². The van der Waals surface area contributed by atoms with E-state index in [4.69, 9.17) is 0 Å². The Morgan fingerprint density at radius 2 is 1.89 bits per heavy atom. The van der Waals surface area contributed by atoms with E-state index < -0.39 is 0 Å². The molecular weight excluding hydrogens is 340 g/mol. The lowest BCUT2D eigenvalue weighted by atomic mass is 9.44. The molecule has 154 valence electrons. The number of hydrogen-bond acceptors (Lipinski definition) is 1. The summed E-state index contributed by atoms with van der Waals surface area (Å²) < 4.78 is 0. The van der Waals surface area contributed by atoms with E-state index in [2.05, 4.69) is 51.7 Å². The first kappa shape index (κ1) is 20.2. The number of hydrogen-bond donors (Lipinski definition) is 1. The maximum Gasteiger partial charge on any atom is 0.0543 e. The van der Waals surface area contributed by atoms with Gasteiger partial charge in [-0.15, -0.1) is 0 Å². The molecule has 4 aliphatic rings. The van der Waals surface area contributed by atoms with Gasteiger partial charge in [0.2, 0.25) is 0 Å². The van der Waals surface area contributed by atoms with Crippen LogP contribution >= 0.6 is 0 Å². The summed E-state index contributed by atoms with van der Waals surface area (Å²) in [6, 6.07) is 0. The van der Waals surface area contributed by atoms with Crippen molar-refractivity contribution in [2.45, 2.75) is 85.2 Å². The minimum atomic E-state index is -0.0386. The molecule has 0 radical (unpaired) electrons. The van der Waals surface area contributed by atoms with Crippen LogP contribution in [0, 0.1) is 34.5 Å². The standard InChI is InChI=1S/C27H40O/c1-18(2)7-6-8-19(3)23-11-12-24-22-10-9-20-17-21(28)13-15-26(20,4)25(22)14-16-27(23,24)5/h6-8,11,20-22,24-25,28H,1,9-10,12-17H2,2-5H3/t20?,21-,22-,24-,25-,26-,27+/m0/s1. The normalized spacial score (nSPS) is 46.0. The lowest BCUT2D eigenvalue weighted by molar-refractivity contribution is -0.117.